The Hall–Kier alpha value is -3.56. The van der Waals surface area contributed by atoms with Crippen molar-refractivity contribution in [2.75, 3.05) is 4.90 Å². The summed E-state index contributed by atoms with van der Waals surface area (Å²) in [5.41, 5.74) is 8.00. The van der Waals surface area contributed by atoms with Crippen LogP contribution in [0.1, 0.15) is 5.56 Å². The first-order valence-corrected chi connectivity index (χ1v) is 11.2. The minimum Gasteiger partial charge on any atom is -0.308 e. The van der Waals surface area contributed by atoms with E-state index in [0.29, 0.717) is 0 Å². The van der Waals surface area contributed by atoms with Crippen molar-refractivity contribution in [1.82, 2.24) is 4.98 Å². The zero-order valence-corrected chi connectivity index (χ0v) is 17.9. The molecule has 1 aromatic heterocycles. The number of fused-ring (bicyclic) bond motifs is 3. The molecule has 0 saturated heterocycles. The minimum atomic E-state index is 1.01. The number of aryl methyl sites for hydroxylation is 1. The van der Waals surface area contributed by atoms with Gasteiger partial charge in [0.25, 0.3) is 0 Å². The average Bonchev–Trinajstić information content (AvgIpc) is 2.82. The van der Waals surface area contributed by atoms with Crippen molar-refractivity contribution in [3.05, 3.63) is 109 Å². The highest BCUT2D eigenvalue weighted by Crippen LogP contribution is 2.52. The van der Waals surface area contributed by atoms with E-state index in [0.717, 1.165) is 22.5 Å². The molecule has 4 aromatic carbocycles. The predicted molar refractivity (Wildman–Crippen MR) is 131 cm³/mol. The molecule has 0 spiro atoms. The second-order valence-electron chi connectivity index (χ2n) is 7.76. The molecule has 0 fully saturated rings. The SMILES string of the molecule is Cc1cc(-c2ccc3c(c2)N(c2ccccc2)c2ccccc2S3)nc2ccccc12. The van der Waals surface area contributed by atoms with E-state index in [1.807, 2.05) is 11.8 Å². The summed E-state index contributed by atoms with van der Waals surface area (Å²) in [6.07, 6.45) is 0. The molecule has 148 valence electrons. The Morgan fingerprint density at radius 3 is 2.32 bits per heavy atom. The van der Waals surface area contributed by atoms with Crippen molar-refractivity contribution in [3.8, 4) is 11.3 Å². The van der Waals surface area contributed by atoms with Crippen molar-refractivity contribution in [2.45, 2.75) is 16.7 Å². The fraction of sp³-hybridized carbons (Fsp3) is 0.0357. The zero-order valence-electron chi connectivity index (χ0n) is 17.1. The Labute approximate surface area is 186 Å². The van der Waals surface area contributed by atoms with Gasteiger partial charge in [0.05, 0.1) is 22.6 Å². The van der Waals surface area contributed by atoms with Crippen LogP contribution in [-0.2, 0) is 0 Å². The molecule has 3 heteroatoms. The van der Waals surface area contributed by atoms with Gasteiger partial charge in [0, 0.05) is 26.4 Å². The maximum Gasteiger partial charge on any atom is 0.0713 e. The summed E-state index contributed by atoms with van der Waals surface area (Å²) in [6, 6.07) is 36.4. The van der Waals surface area contributed by atoms with Crippen molar-refractivity contribution in [1.29, 1.82) is 0 Å². The van der Waals surface area contributed by atoms with Crippen molar-refractivity contribution >= 4 is 39.7 Å². The number of hydrogen-bond donors (Lipinski definition) is 0. The molecule has 2 nitrogen and oxygen atoms in total. The predicted octanol–water partition coefficient (Wildman–Crippen LogP) is 8.14. The summed E-state index contributed by atoms with van der Waals surface area (Å²) in [4.78, 5) is 9.85. The molecule has 0 aliphatic carbocycles. The number of rotatable bonds is 2. The summed E-state index contributed by atoms with van der Waals surface area (Å²) >= 11 is 1.83. The monoisotopic (exact) mass is 416 g/mol. The topological polar surface area (TPSA) is 16.1 Å². The number of nitrogens with zero attached hydrogens (tertiary/aromatic N) is 2. The molecule has 0 radical (unpaired) electrons. The first-order chi connectivity index (χ1) is 15.3. The standard InChI is InChI=1S/C28H20N2S/c1-19-17-24(29-23-12-6-5-11-22(19)23)20-15-16-28-26(18-20)30(21-9-3-2-4-10-21)25-13-7-8-14-27(25)31-28/h2-18H,1H3. The van der Waals surface area contributed by atoms with Crippen LogP contribution in [0.2, 0.25) is 0 Å². The Bertz CT molecular complexity index is 1430. The van der Waals surface area contributed by atoms with Gasteiger partial charge in [-0.3, -0.25) is 0 Å². The molecule has 31 heavy (non-hydrogen) atoms. The molecule has 0 saturated carbocycles. The summed E-state index contributed by atoms with van der Waals surface area (Å²) in [6.45, 7) is 2.16. The third-order valence-electron chi connectivity index (χ3n) is 5.76. The lowest BCUT2D eigenvalue weighted by molar-refractivity contribution is 1.16. The molecule has 0 bridgehead atoms. The van der Waals surface area contributed by atoms with E-state index in [1.54, 1.807) is 0 Å². The van der Waals surface area contributed by atoms with Gasteiger partial charge in [-0.15, -0.1) is 0 Å². The fourth-order valence-electron chi connectivity index (χ4n) is 4.27. The summed E-state index contributed by atoms with van der Waals surface area (Å²) in [5.74, 6) is 0. The smallest absolute Gasteiger partial charge is 0.0713 e. The lowest BCUT2D eigenvalue weighted by Gasteiger charge is -2.33. The van der Waals surface area contributed by atoms with E-state index < -0.39 is 0 Å². The van der Waals surface area contributed by atoms with Gasteiger partial charge in [0.1, 0.15) is 0 Å². The van der Waals surface area contributed by atoms with Gasteiger partial charge < -0.3 is 4.90 Å². The van der Waals surface area contributed by atoms with E-state index in [2.05, 4.69) is 115 Å². The summed E-state index contributed by atoms with van der Waals surface area (Å²) in [7, 11) is 0. The van der Waals surface area contributed by atoms with Crippen LogP contribution in [0.3, 0.4) is 0 Å². The number of para-hydroxylation sites is 3. The van der Waals surface area contributed by atoms with Crippen LogP contribution in [0.15, 0.2) is 113 Å². The van der Waals surface area contributed by atoms with E-state index in [9.17, 15) is 0 Å². The van der Waals surface area contributed by atoms with E-state index >= 15 is 0 Å². The average molecular weight is 417 g/mol. The number of hydrogen-bond acceptors (Lipinski definition) is 3. The van der Waals surface area contributed by atoms with Crippen LogP contribution in [0, 0.1) is 6.92 Å². The lowest BCUT2D eigenvalue weighted by Crippen LogP contribution is -2.14. The number of aromatic nitrogens is 1. The fourth-order valence-corrected chi connectivity index (χ4v) is 5.31. The van der Waals surface area contributed by atoms with E-state index in [4.69, 9.17) is 4.98 Å². The Balaban J connectivity index is 1.55. The number of pyridine rings is 1. The van der Waals surface area contributed by atoms with Gasteiger partial charge in [-0.25, -0.2) is 4.98 Å². The van der Waals surface area contributed by atoms with E-state index in [-0.39, 0.29) is 0 Å². The molecule has 1 aliphatic heterocycles. The summed E-state index contributed by atoms with van der Waals surface area (Å²) in [5, 5.41) is 1.21. The molecule has 1 aliphatic rings. The normalized spacial score (nSPS) is 12.5. The lowest BCUT2D eigenvalue weighted by atomic mass is 10.0. The van der Waals surface area contributed by atoms with Gasteiger partial charge in [0.15, 0.2) is 0 Å². The van der Waals surface area contributed by atoms with Gasteiger partial charge in [-0.2, -0.15) is 0 Å². The highest BCUT2D eigenvalue weighted by atomic mass is 32.2. The molecule has 0 atom stereocenters. The highest BCUT2D eigenvalue weighted by molar-refractivity contribution is 7.99. The molecule has 5 aromatic rings. The van der Waals surface area contributed by atoms with Crippen LogP contribution in [-0.4, -0.2) is 4.98 Å². The van der Waals surface area contributed by atoms with Crippen LogP contribution in [0.5, 0.6) is 0 Å². The molecule has 0 amide bonds. The van der Waals surface area contributed by atoms with Crippen molar-refractivity contribution < 1.29 is 0 Å². The number of anilines is 3. The molecule has 0 unspecified atom stereocenters. The first-order valence-electron chi connectivity index (χ1n) is 10.4. The Morgan fingerprint density at radius 1 is 0.677 bits per heavy atom. The molecular formula is C28H20N2S. The van der Waals surface area contributed by atoms with Crippen LogP contribution in [0.4, 0.5) is 17.1 Å². The van der Waals surface area contributed by atoms with Gasteiger partial charge >= 0.3 is 0 Å². The summed E-state index contributed by atoms with van der Waals surface area (Å²) < 4.78 is 0. The van der Waals surface area contributed by atoms with Gasteiger partial charge in [-0.05, 0) is 61.0 Å². The van der Waals surface area contributed by atoms with Crippen LogP contribution in [0.25, 0.3) is 22.2 Å². The Kier molecular flexibility index (Phi) is 4.29. The van der Waals surface area contributed by atoms with Crippen LogP contribution < -0.4 is 4.90 Å². The van der Waals surface area contributed by atoms with Crippen molar-refractivity contribution in [2.24, 2.45) is 0 Å². The maximum absolute atomic E-state index is 4.97. The van der Waals surface area contributed by atoms with Gasteiger partial charge in [-0.1, -0.05) is 66.4 Å². The molecule has 6 rings (SSSR count). The largest absolute Gasteiger partial charge is 0.308 e. The second kappa shape index (κ2) is 7.29. The Morgan fingerprint density at radius 2 is 1.42 bits per heavy atom. The number of benzene rings is 4. The van der Waals surface area contributed by atoms with Gasteiger partial charge in [0.2, 0.25) is 0 Å². The highest BCUT2D eigenvalue weighted by Gasteiger charge is 2.25. The third-order valence-corrected chi connectivity index (χ3v) is 6.89. The molecular weight excluding hydrogens is 396 g/mol. The van der Waals surface area contributed by atoms with Crippen molar-refractivity contribution in [3.63, 3.8) is 0 Å². The van der Waals surface area contributed by atoms with Crippen LogP contribution >= 0.6 is 11.8 Å². The first kappa shape index (κ1) is 18.2. The zero-order chi connectivity index (χ0) is 20.8. The third kappa shape index (κ3) is 3.09. The van der Waals surface area contributed by atoms with E-state index in [1.165, 1.54) is 32.1 Å². The quantitative estimate of drug-likeness (QED) is 0.283. The minimum absolute atomic E-state index is 1.01. The molecule has 2 heterocycles. The maximum atomic E-state index is 4.97. The molecule has 0 N–H and O–H groups in total. The second-order valence-corrected chi connectivity index (χ2v) is 8.85.